The van der Waals surface area contributed by atoms with Gasteiger partial charge in [0, 0.05) is 39.5 Å². The minimum Gasteiger partial charge on any atom is -0.453 e. The predicted molar refractivity (Wildman–Crippen MR) is 177 cm³/mol. The normalized spacial score (nSPS) is 11.7. The Hall–Kier alpha value is -5.24. The molecule has 0 aliphatic carbocycles. The summed E-state index contributed by atoms with van der Waals surface area (Å²) in [5, 5.41) is 20.6. The van der Waals surface area contributed by atoms with E-state index in [1.807, 2.05) is 6.07 Å². The van der Waals surface area contributed by atoms with Gasteiger partial charge in [-0.3, -0.25) is 14.9 Å². The number of benzene rings is 3. The van der Waals surface area contributed by atoms with Gasteiger partial charge in [0.05, 0.1) is 25.3 Å². The van der Waals surface area contributed by atoms with E-state index < -0.39 is 18.0 Å². The Labute approximate surface area is 283 Å². The highest BCUT2D eigenvalue weighted by molar-refractivity contribution is 6.32. The average molecular weight is 695 g/mol. The quantitative estimate of drug-likeness (QED) is 0.126. The minimum absolute atomic E-state index is 0.168. The zero-order valence-corrected chi connectivity index (χ0v) is 26.8. The van der Waals surface area contributed by atoms with Gasteiger partial charge in [0.15, 0.2) is 0 Å². The lowest BCUT2D eigenvalue weighted by molar-refractivity contribution is -0.122. The number of hydrogen-bond donors (Lipinski definition) is 4. The first-order valence-electron chi connectivity index (χ1n) is 13.9. The minimum atomic E-state index is -0.906. The number of carbonyl (C=O) groups excluding carboxylic acids is 3. The number of rotatable bonds is 11. The van der Waals surface area contributed by atoms with E-state index in [0.29, 0.717) is 38.2 Å². The number of tetrazole rings is 1. The van der Waals surface area contributed by atoms with Crippen LogP contribution in [0.5, 0.6) is 0 Å². The number of ether oxygens (including phenoxy) is 1. The van der Waals surface area contributed by atoms with Crippen molar-refractivity contribution < 1.29 is 19.1 Å². The Balaban J connectivity index is 1.37. The Morgan fingerprint density at radius 2 is 1.81 bits per heavy atom. The first-order valence-corrected chi connectivity index (χ1v) is 15.1. The maximum atomic E-state index is 13.2. The van der Waals surface area contributed by atoms with Crippen molar-refractivity contribution in [3.05, 3.63) is 111 Å². The summed E-state index contributed by atoms with van der Waals surface area (Å²) in [5.41, 5.74) is 3.48. The maximum Gasteiger partial charge on any atom is 0.411 e. The van der Waals surface area contributed by atoms with Gasteiger partial charge >= 0.3 is 6.09 Å². The van der Waals surface area contributed by atoms with E-state index >= 15 is 0 Å². The van der Waals surface area contributed by atoms with E-state index in [1.165, 1.54) is 24.2 Å². The molecule has 0 spiro atoms. The van der Waals surface area contributed by atoms with Crippen LogP contribution in [0.1, 0.15) is 29.4 Å². The van der Waals surface area contributed by atoms with Crippen LogP contribution in [0, 0.1) is 0 Å². The van der Waals surface area contributed by atoms with E-state index in [-0.39, 0.29) is 29.9 Å². The Morgan fingerprint density at radius 1 is 1.02 bits per heavy atom. The third-order valence-electron chi connectivity index (χ3n) is 6.68. The molecule has 1 atom stereocenters. The van der Waals surface area contributed by atoms with Crippen LogP contribution in [-0.4, -0.2) is 55.2 Å². The van der Waals surface area contributed by atoms with Crippen molar-refractivity contribution >= 4 is 64.5 Å². The van der Waals surface area contributed by atoms with Gasteiger partial charge in [0.1, 0.15) is 23.0 Å². The molecule has 0 aliphatic heterocycles. The summed E-state index contributed by atoms with van der Waals surface area (Å²) in [7, 11) is 1.27. The van der Waals surface area contributed by atoms with Crippen molar-refractivity contribution in [3.8, 4) is 16.9 Å². The van der Waals surface area contributed by atoms with Crippen molar-refractivity contribution in [1.29, 1.82) is 0 Å². The molecule has 0 saturated carbocycles. The van der Waals surface area contributed by atoms with Gasteiger partial charge in [-0.05, 0) is 64.5 Å². The highest BCUT2D eigenvalue weighted by atomic mass is 35.5. The summed E-state index contributed by atoms with van der Waals surface area (Å²) in [6, 6.07) is 18.0. The summed E-state index contributed by atoms with van der Waals surface area (Å²) in [6.07, 6.45) is 3.49. The van der Waals surface area contributed by atoms with Gasteiger partial charge < -0.3 is 20.4 Å². The number of imidazole rings is 1. The third-order valence-corrected chi connectivity index (χ3v) is 7.43. The second-order valence-corrected chi connectivity index (χ2v) is 11.2. The number of nitrogens with one attached hydrogen (secondary N) is 4. The van der Waals surface area contributed by atoms with Crippen molar-refractivity contribution in [2.75, 3.05) is 12.4 Å². The van der Waals surface area contributed by atoms with Crippen molar-refractivity contribution in [2.45, 2.75) is 19.0 Å². The van der Waals surface area contributed by atoms with E-state index in [1.54, 1.807) is 66.7 Å². The average Bonchev–Trinajstić information content (AvgIpc) is 3.73. The van der Waals surface area contributed by atoms with E-state index in [4.69, 9.17) is 34.8 Å². The second-order valence-electron chi connectivity index (χ2n) is 9.94. The molecule has 240 valence electrons. The number of anilines is 1. The highest BCUT2D eigenvalue weighted by Gasteiger charge is 2.23. The molecule has 13 nitrogen and oxygen atoms in total. The largest absolute Gasteiger partial charge is 0.453 e. The zero-order chi connectivity index (χ0) is 33.3. The van der Waals surface area contributed by atoms with E-state index in [0.717, 1.165) is 5.56 Å². The lowest BCUT2D eigenvalue weighted by Crippen LogP contribution is -2.33. The number of nitrogens with zero attached hydrogens (tertiary/aromatic N) is 5. The number of aromatic nitrogens is 6. The van der Waals surface area contributed by atoms with Crippen LogP contribution in [0.4, 0.5) is 10.5 Å². The fourth-order valence-corrected chi connectivity index (χ4v) is 5.09. The van der Waals surface area contributed by atoms with Crippen molar-refractivity contribution in [2.24, 2.45) is 0 Å². The fourth-order valence-electron chi connectivity index (χ4n) is 4.45. The first kappa shape index (κ1) is 33.1. The molecule has 16 heteroatoms. The molecular formula is C31H26Cl3N9O4. The number of halogens is 3. The van der Waals surface area contributed by atoms with Crippen molar-refractivity contribution in [3.63, 3.8) is 0 Å². The Bertz CT molecular complexity index is 1910. The van der Waals surface area contributed by atoms with Gasteiger partial charge in [-0.2, -0.15) is 4.68 Å². The summed E-state index contributed by atoms with van der Waals surface area (Å²) in [4.78, 5) is 45.5. The molecule has 0 radical (unpaired) electrons. The lowest BCUT2D eigenvalue weighted by atomic mass is 10.1. The molecule has 0 aliphatic rings. The number of amides is 3. The molecule has 3 aromatic carbocycles. The van der Waals surface area contributed by atoms with Crippen LogP contribution in [-0.2, 0) is 20.9 Å². The molecule has 0 unspecified atom stereocenters. The molecule has 5 aromatic rings. The van der Waals surface area contributed by atoms with Crippen LogP contribution in [0.2, 0.25) is 15.2 Å². The summed E-state index contributed by atoms with van der Waals surface area (Å²) in [5.74, 6) is -0.631. The zero-order valence-electron chi connectivity index (χ0n) is 24.6. The number of methoxy groups -OCH3 is 1. The number of aromatic amines is 1. The smallest absolute Gasteiger partial charge is 0.411 e. The molecule has 5 rings (SSSR count). The molecular weight excluding hydrogens is 669 g/mol. The summed E-state index contributed by atoms with van der Waals surface area (Å²) >= 11 is 18.8. The molecule has 2 heterocycles. The van der Waals surface area contributed by atoms with Crippen LogP contribution in [0.15, 0.2) is 79.1 Å². The number of carbonyl (C=O) groups is 3. The van der Waals surface area contributed by atoms with E-state index in [2.05, 4.69) is 46.2 Å². The summed E-state index contributed by atoms with van der Waals surface area (Å²) in [6.45, 7) is 0.227. The molecule has 4 N–H and O–H groups in total. The van der Waals surface area contributed by atoms with Crippen LogP contribution >= 0.6 is 34.8 Å². The Kier molecular flexibility index (Phi) is 10.8. The van der Waals surface area contributed by atoms with E-state index in [9.17, 15) is 14.4 Å². The van der Waals surface area contributed by atoms with Gasteiger partial charge in [-0.1, -0.05) is 59.1 Å². The summed E-state index contributed by atoms with van der Waals surface area (Å²) < 4.78 is 6.05. The van der Waals surface area contributed by atoms with Crippen LogP contribution < -0.4 is 16.0 Å². The molecule has 0 fully saturated rings. The monoisotopic (exact) mass is 693 g/mol. The SMILES string of the molecule is COC(=O)Nc1ccc(-c2nc([C@H](CC(=O)NCc3cccc(Cl)c3)NC(=O)C=Cc3cc(Cl)ccc3-n3cnnn3)[nH]c2Cl)cc1. The second kappa shape index (κ2) is 15.4. The third kappa shape index (κ3) is 8.94. The molecule has 0 saturated heterocycles. The van der Waals surface area contributed by atoms with Crippen molar-refractivity contribution in [1.82, 2.24) is 40.8 Å². The molecule has 2 aromatic heterocycles. The lowest BCUT2D eigenvalue weighted by Gasteiger charge is -2.16. The standard InChI is InChI=1S/C31H26Cl3N9O4/c1-47-31(46)37-23-9-5-19(6-10-23)28-29(34)40-30(39-28)24(15-27(45)35-16-18-3-2-4-21(32)13-18)38-26(44)12-7-20-14-22(33)8-11-25(20)43-17-36-41-42-43/h2-14,17,24H,15-16H2,1H3,(H,35,45)(H,37,46)(H,38,44)(H,39,40)/t24-/m0/s1. The molecule has 3 amide bonds. The van der Waals surface area contributed by atoms with Crippen LogP contribution in [0.25, 0.3) is 23.0 Å². The topological polar surface area (TPSA) is 169 Å². The predicted octanol–water partition coefficient (Wildman–Crippen LogP) is 5.77. The van der Waals surface area contributed by atoms with Gasteiger partial charge in [0.2, 0.25) is 11.8 Å². The van der Waals surface area contributed by atoms with Gasteiger partial charge in [0.25, 0.3) is 0 Å². The molecule has 47 heavy (non-hydrogen) atoms. The fraction of sp³-hybridized carbons (Fsp3) is 0.129. The number of H-pyrrole nitrogens is 1. The maximum absolute atomic E-state index is 13.2. The highest BCUT2D eigenvalue weighted by Crippen LogP contribution is 2.29. The Morgan fingerprint density at radius 3 is 2.53 bits per heavy atom. The van der Waals surface area contributed by atoms with Crippen LogP contribution in [0.3, 0.4) is 0 Å². The van der Waals surface area contributed by atoms with Gasteiger partial charge in [-0.25, -0.2) is 9.78 Å². The first-order chi connectivity index (χ1) is 22.7. The number of hydrogen-bond acceptors (Lipinski definition) is 8. The molecule has 0 bridgehead atoms. The van der Waals surface area contributed by atoms with Gasteiger partial charge in [-0.15, -0.1) is 5.10 Å².